The van der Waals surface area contributed by atoms with Crippen molar-refractivity contribution < 1.29 is 9.53 Å². The SMILES string of the molecule is CN=C(N)C1=C(N)C(C)(C)N(C(=O)NC(COC)c2ccccc2)C1. The van der Waals surface area contributed by atoms with Crippen LogP contribution in [-0.4, -0.2) is 49.6 Å². The molecule has 1 aliphatic heterocycles. The average molecular weight is 345 g/mol. The molecule has 1 aromatic rings. The predicted molar refractivity (Wildman–Crippen MR) is 99.1 cm³/mol. The van der Waals surface area contributed by atoms with Crippen LogP contribution < -0.4 is 16.8 Å². The van der Waals surface area contributed by atoms with Crippen molar-refractivity contribution in [1.82, 2.24) is 10.2 Å². The smallest absolute Gasteiger partial charge is 0.319 e. The van der Waals surface area contributed by atoms with E-state index in [1.54, 1.807) is 19.1 Å². The Kier molecular flexibility index (Phi) is 5.69. The number of amides is 2. The molecular formula is C18H27N5O2. The number of hydrogen-bond donors (Lipinski definition) is 3. The number of methoxy groups -OCH3 is 1. The summed E-state index contributed by atoms with van der Waals surface area (Å²) in [5.41, 5.74) is 13.8. The lowest BCUT2D eigenvalue weighted by atomic mass is 10.0. The first-order chi connectivity index (χ1) is 11.8. The van der Waals surface area contributed by atoms with Crippen molar-refractivity contribution in [3.05, 3.63) is 47.2 Å². The summed E-state index contributed by atoms with van der Waals surface area (Å²) in [5.74, 6) is 0.359. The summed E-state index contributed by atoms with van der Waals surface area (Å²) in [6.07, 6.45) is 0. The fourth-order valence-corrected chi connectivity index (χ4v) is 2.94. The van der Waals surface area contributed by atoms with Crippen molar-refractivity contribution in [1.29, 1.82) is 0 Å². The summed E-state index contributed by atoms with van der Waals surface area (Å²) in [6.45, 7) is 4.48. The monoisotopic (exact) mass is 345 g/mol. The van der Waals surface area contributed by atoms with E-state index in [0.29, 0.717) is 30.3 Å². The molecule has 1 aromatic carbocycles. The highest BCUT2D eigenvalue weighted by Gasteiger charge is 2.42. The van der Waals surface area contributed by atoms with E-state index in [-0.39, 0.29) is 12.1 Å². The van der Waals surface area contributed by atoms with Gasteiger partial charge in [-0.15, -0.1) is 0 Å². The van der Waals surface area contributed by atoms with Crippen LogP contribution in [0.1, 0.15) is 25.5 Å². The highest BCUT2D eigenvalue weighted by atomic mass is 16.5. The number of nitrogens with zero attached hydrogens (tertiary/aromatic N) is 2. The summed E-state index contributed by atoms with van der Waals surface area (Å²) in [5, 5.41) is 3.03. The van der Waals surface area contributed by atoms with Crippen molar-refractivity contribution in [2.24, 2.45) is 16.5 Å². The largest absolute Gasteiger partial charge is 0.400 e. The third-order valence-electron chi connectivity index (χ3n) is 4.60. The van der Waals surface area contributed by atoms with E-state index >= 15 is 0 Å². The Morgan fingerprint density at radius 3 is 2.60 bits per heavy atom. The van der Waals surface area contributed by atoms with Crippen molar-refractivity contribution in [3.63, 3.8) is 0 Å². The van der Waals surface area contributed by atoms with Gasteiger partial charge in [0.1, 0.15) is 5.84 Å². The van der Waals surface area contributed by atoms with Gasteiger partial charge >= 0.3 is 6.03 Å². The molecule has 0 fully saturated rings. The molecule has 0 radical (unpaired) electrons. The van der Waals surface area contributed by atoms with Gasteiger partial charge < -0.3 is 26.4 Å². The highest BCUT2D eigenvalue weighted by Crippen LogP contribution is 2.31. The van der Waals surface area contributed by atoms with Crippen LogP contribution in [0.2, 0.25) is 0 Å². The van der Waals surface area contributed by atoms with Gasteiger partial charge in [0.15, 0.2) is 0 Å². The molecule has 0 aliphatic carbocycles. The number of amidine groups is 1. The van der Waals surface area contributed by atoms with Crippen LogP contribution in [0.5, 0.6) is 0 Å². The minimum absolute atomic E-state index is 0.224. The number of urea groups is 1. The number of hydrogen-bond acceptors (Lipinski definition) is 4. The number of carbonyl (C=O) groups excluding carboxylic acids is 1. The van der Waals surface area contributed by atoms with Crippen molar-refractivity contribution in [3.8, 4) is 0 Å². The molecule has 7 nitrogen and oxygen atoms in total. The minimum atomic E-state index is -0.650. The Morgan fingerprint density at radius 2 is 2.04 bits per heavy atom. The third kappa shape index (κ3) is 3.76. The molecule has 0 saturated heterocycles. The summed E-state index contributed by atoms with van der Waals surface area (Å²) >= 11 is 0. The molecule has 1 unspecified atom stereocenters. The van der Waals surface area contributed by atoms with Gasteiger partial charge in [0.05, 0.1) is 24.7 Å². The number of ether oxygens (including phenoxy) is 1. The molecular weight excluding hydrogens is 318 g/mol. The molecule has 2 amide bonds. The van der Waals surface area contributed by atoms with Gasteiger partial charge in [-0.05, 0) is 19.4 Å². The fourth-order valence-electron chi connectivity index (χ4n) is 2.94. The minimum Gasteiger partial charge on any atom is -0.400 e. The number of benzene rings is 1. The Balaban J connectivity index is 2.20. The van der Waals surface area contributed by atoms with Gasteiger partial charge in [-0.25, -0.2) is 4.79 Å². The van der Waals surface area contributed by atoms with Crippen LogP contribution in [0.3, 0.4) is 0 Å². The van der Waals surface area contributed by atoms with E-state index in [2.05, 4.69) is 10.3 Å². The maximum Gasteiger partial charge on any atom is 0.319 e. The maximum atomic E-state index is 12.9. The summed E-state index contributed by atoms with van der Waals surface area (Å²) < 4.78 is 5.26. The lowest BCUT2D eigenvalue weighted by Crippen LogP contribution is -2.52. The molecule has 0 bridgehead atoms. The van der Waals surface area contributed by atoms with Crippen LogP contribution >= 0.6 is 0 Å². The Morgan fingerprint density at radius 1 is 1.40 bits per heavy atom. The number of aliphatic imine (C=N–C) groups is 1. The van der Waals surface area contributed by atoms with Crippen molar-refractivity contribution in [2.45, 2.75) is 25.4 Å². The molecule has 0 saturated carbocycles. The highest BCUT2D eigenvalue weighted by molar-refractivity contribution is 6.00. The zero-order chi connectivity index (χ0) is 18.6. The first kappa shape index (κ1) is 18.8. The van der Waals surface area contributed by atoms with Crippen LogP contribution in [-0.2, 0) is 4.74 Å². The normalized spacial score (nSPS) is 18.4. The van der Waals surface area contributed by atoms with E-state index in [9.17, 15) is 4.79 Å². The first-order valence-electron chi connectivity index (χ1n) is 8.16. The van der Waals surface area contributed by atoms with E-state index in [0.717, 1.165) is 5.56 Å². The second kappa shape index (κ2) is 7.57. The zero-order valence-corrected chi connectivity index (χ0v) is 15.2. The standard InChI is InChI=1S/C18H27N5O2/c1-18(2)15(19)13(16(20)21-3)10-23(18)17(24)22-14(11-25-4)12-8-6-5-7-9-12/h5-9,14H,10-11,19H2,1-4H3,(H2,20,21)(H,22,24). The summed E-state index contributed by atoms with van der Waals surface area (Å²) in [4.78, 5) is 18.6. The van der Waals surface area contributed by atoms with E-state index in [4.69, 9.17) is 16.2 Å². The Hall–Kier alpha value is -2.54. The fraction of sp³-hybridized carbons (Fsp3) is 0.444. The van der Waals surface area contributed by atoms with Gasteiger partial charge in [-0.2, -0.15) is 0 Å². The van der Waals surface area contributed by atoms with E-state index in [1.165, 1.54) is 0 Å². The van der Waals surface area contributed by atoms with Crippen LogP contribution in [0, 0.1) is 0 Å². The zero-order valence-electron chi connectivity index (χ0n) is 15.2. The predicted octanol–water partition coefficient (Wildman–Crippen LogP) is 1.38. The molecule has 0 spiro atoms. The molecule has 0 aromatic heterocycles. The molecule has 1 atom stereocenters. The van der Waals surface area contributed by atoms with Gasteiger partial charge in [0.2, 0.25) is 0 Å². The molecule has 2 rings (SSSR count). The number of rotatable bonds is 5. The molecule has 7 heteroatoms. The van der Waals surface area contributed by atoms with Gasteiger partial charge in [-0.1, -0.05) is 30.3 Å². The van der Waals surface area contributed by atoms with E-state index in [1.807, 2.05) is 44.2 Å². The Labute approximate surface area is 148 Å². The van der Waals surface area contributed by atoms with Crippen molar-refractivity contribution >= 4 is 11.9 Å². The maximum absolute atomic E-state index is 12.9. The number of nitrogens with one attached hydrogen (secondary N) is 1. The Bertz CT molecular complexity index is 682. The number of carbonyl (C=O) groups is 1. The van der Waals surface area contributed by atoms with Crippen LogP contribution in [0.25, 0.3) is 0 Å². The summed E-state index contributed by atoms with van der Waals surface area (Å²) in [7, 11) is 3.22. The molecule has 1 aliphatic rings. The van der Waals surface area contributed by atoms with Crippen molar-refractivity contribution in [2.75, 3.05) is 27.3 Å². The van der Waals surface area contributed by atoms with Gasteiger partial charge in [0, 0.05) is 25.4 Å². The van der Waals surface area contributed by atoms with Gasteiger partial charge in [0.25, 0.3) is 0 Å². The third-order valence-corrected chi connectivity index (χ3v) is 4.60. The lowest BCUT2D eigenvalue weighted by molar-refractivity contribution is 0.143. The second-order valence-electron chi connectivity index (χ2n) is 6.51. The average Bonchev–Trinajstić information content (AvgIpc) is 2.85. The topological polar surface area (TPSA) is 106 Å². The quantitative estimate of drug-likeness (QED) is 0.553. The lowest BCUT2D eigenvalue weighted by Gasteiger charge is -2.34. The molecule has 25 heavy (non-hydrogen) atoms. The first-order valence-corrected chi connectivity index (χ1v) is 8.16. The van der Waals surface area contributed by atoms with E-state index < -0.39 is 5.54 Å². The molecule has 5 N–H and O–H groups in total. The second-order valence-corrected chi connectivity index (χ2v) is 6.51. The molecule has 136 valence electrons. The summed E-state index contributed by atoms with van der Waals surface area (Å²) in [6, 6.07) is 9.23. The van der Waals surface area contributed by atoms with Crippen LogP contribution in [0.15, 0.2) is 46.6 Å². The number of nitrogens with two attached hydrogens (primary N) is 2. The molecule has 1 heterocycles. The van der Waals surface area contributed by atoms with Crippen LogP contribution in [0.4, 0.5) is 4.79 Å². The van der Waals surface area contributed by atoms with Gasteiger partial charge in [-0.3, -0.25) is 4.99 Å².